The molecule has 0 saturated carbocycles. The first-order valence-corrected chi connectivity index (χ1v) is 7.39. The van der Waals surface area contributed by atoms with Gasteiger partial charge in [0.15, 0.2) is 5.75 Å². The van der Waals surface area contributed by atoms with Gasteiger partial charge in [-0.3, -0.25) is 0 Å². The second-order valence-corrected chi connectivity index (χ2v) is 5.85. The molecule has 2 aromatic carbocycles. The molecule has 0 atom stereocenters. The quantitative estimate of drug-likeness (QED) is 0.561. The Balaban J connectivity index is 2.34. The molecule has 0 fully saturated rings. The highest BCUT2D eigenvalue weighted by Gasteiger charge is 2.13. The van der Waals surface area contributed by atoms with E-state index >= 15 is 0 Å². The summed E-state index contributed by atoms with van der Waals surface area (Å²) in [6.45, 7) is 3.84. The zero-order chi connectivity index (χ0) is 15.6. The standard InChI is InChI=1S/C15H14Cl3NO2/c1-8(2)20-12-4-3-5-13(15(12)19)21-14-7-10(17)9(16)6-11(14)18/h3-8H,19H2,1-2H3. The van der Waals surface area contributed by atoms with Crippen molar-refractivity contribution in [3.8, 4) is 17.2 Å². The number of nitrogens with two attached hydrogens (primary N) is 1. The monoisotopic (exact) mass is 345 g/mol. The van der Waals surface area contributed by atoms with Crippen molar-refractivity contribution in [3.05, 3.63) is 45.4 Å². The summed E-state index contributed by atoms with van der Waals surface area (Å²) in [5.41, 5.74) is 6.44. The minimum Gasteiger partial charge on any atom is -0.489 e. The summed E-state index contributed by atoms with van der Waals surface area (Å²) in [5.74, 6) is 1.37. The molecule has 2 aromatic rings. The van der Waals surface area contributed by atoms with Crippen LogP contribution in [-0.4, -0.2) is 6.10 Å². The smallest absolute Gasteiger partial charge is 0.154 e. The van der Waals surface area contributed by atoms with E-state index in [1.54, 1.807) is 24.3 Å². The van der Waals surface area contributed by atoms with Gasteiger partial charge in [-0.1, -0.05) is 40.9 Å². The summed E-state index contributed by atoms with van der Waals surface area (Å²) in [6, 6.07) is 8.35. The van der Waals surface area contributed by atoms with Gasteiger partial charge in [-0.25, -0.2) is 0 Å². The molecule has 112 valence electrons. The van der Waals surface area contributed by atoms with Gasteiger partial charge in [0, 0.05) is 6.07 Å². The molecule has 6 heteroatoms. The lowest BCUT2D eigenvalue weighted by atomic mass is 10.2. The van der Waals surface area contributed by atoms with Crippen LogP contribution < -0.4 is 15.2 Å². The lowest BCUT2D eigenvalue weighted by molar-refractivity contribution is 0.243. The molecule has 0 spiro atoms. The van der Waals surface area contributed by atoms with Gasteiger partial charge in [0.2, 0.25) is 0 Å². The van der Waals surface area contributed by atoms with Crippen molar-refractivity contribution in [3.63, 3.8) is 0 Å². The van der Waals surface area contributed by atoms with Gasteiger partial charge in [0.25, 0.3) is 0 Å². The third-order valence-corrected chi connectivity index (χ3v) is 3.60. The number of hydrogen-bond donors (Lipinski definition) is 1. The van der Waals surface area contributed by atoms with Crippen LogP contribution in [0.25, 0.3) is 0 Å². The van der Waals surface area contributed by atoms with E-state index in [-0.39, 0.29) is 6.10 Å². The topological polar surface area (TPSA) is 44.5 Å². The van der Waals surface area contributed by atoms with Crippen molar-refractivity contribution in [1.82, 2.24) is 0 Å². The Morgan fingerprint density at radius 2 is 1.52 bits per heavy atom. The molecular formula is C15H14Cl3NO2. The largest absolute Gasteiger partial charge is 0.489 e. The average molecular weight is 347 g/mol. The number of para-hydroxylation sites is 1. The maximum absolute atomic E-state index is 6.09. The van der Waals surface area contributed by atoms with Crippen LogP contribution in [0, 0.1) is 0 Å². The first-order chi connectivity index (χ1) is 9.88. The van der Waals surface area contributed by atoms with E-state index in [1.807, 2.05) is 13.8 Å². The van der Waals surface area contributed by atoms with E-state index < -0.39 is 0 Å². The van der Waals surface area contributed by atoms with Gasteiger partial charge >= 0.3 is 0 Å². The molecule has 21 heavy (non-hydrogen) atoms. The molecule has 2 N–H and O–H groups in total. The van der Waals surface area contributed by atoms with E-state index in [0.717, 1.165) is 0 Å². The predicted molar refractivity (Wildman–Crippen MR) is 88.2 cm³/mol. The number of benzene rings is 2. The summed E-state index contributed by atoms with van der Waals surface area (Å²) >= 11 is 17.9. The second-order valence-electron chi connectivity index (χ2n) is 4.63. The first kappa shape index (κ1) is 16.1. The predicted octanol–water partition coefficient (Wildman–Crippen LogP) is 5.81. The highest BCUT2D eigenvalue weighted by atomic mass is 35.5. The van der Waals surface area contributed by atoms with Gasteiger partial charge in [0.1, 0.15) is 17.2 Å². The van der Waals surface area contributed by atoms with Crippen LogP contribution >= 0.6 is 34.8 Å². The number of halogens is 3. The molecule has 3 nitrogen and oxygen atoms in total. The highest BCUT2D eigenvalue weighted by Crippen LogP contribution is 2.40. The molecule has 0 amide bonds. The first-order valence-electron chi connectivity index (χ1n) is 6.26. The van der Waals surface area contributed by atoms with Gasteiger partial charge < -0.3 is 15.2 Å². The number of nitrogen functional groups attached to an aromatic ring is 1. The lowest BCUT2D eigenvalue weighted by Gasteiger charge is -2.15. The number of hydrogen-bond acceptors (Lipinski definition) is 3. The van der Waals surface area contributed by atoms with Crippen LogP contribution in [0.3, 0.4) is 0 Å². The van der Waals surface area contributed by atoms with E-state index in [0.29, 0.717) is 38.0 Å². The Hall–Kier alpha value is -1.29. The molecule has 0 aliphatic heterocycles. The number of anilines is 1. The summed E-state index contributed by atoms with van der Waals surface area (Å²) in [5, 5.41) is 1.06. The normalized spacial score (nSPS) is 10.8. The van der Waals surface area contributed by atoms with E-state index in [4.69, 9.17) is 50.0 Å². The minimum atomic E-state index is 0.0103. The van der Waals surface area contributed by atoms with Crippen molar-refractivity contribution in [1.29, 1.82) is 0 Å². The van der Waals surface area contributed by atoms with Crippen molar-refractivity contribution in [2.45, 2.75) is 20.0 Å². The fourth-order valence-electron chi connectivity index (χ4n) is 1.67. The van der Waals surface area contributed by atoms with Crippen LogP contribution in [0.15, 0.2) is 30.3 Å². The van der Waals surface area contributed by atoms with Crippen molar-refractivity contribution < 1.29 is 9.47 Å². The van der Waals surface area contributed by atoms with E-state index in [9.17, 15) is 0 Å². The average Bonchev–Trinajstić information content (AvgIpc) is 2.40. The second kappa shape index (κ2) is 6.65. The van der Waals surface area contributed by atoms with E-state index in [2.05, 4.69) is 0 Å². The zero-order valence-corrected chi connectivity index (χ0v) is 13.8. The Morgan fingerprint density at radius 3 is 2.19 bits per heavy atom. The minimum absolute atomic E-state index is 0.0103. The van der Waals surface area contributed by atoms with Crippen molar-refractivity contribution in [2.75, 3.05) is 5.73 Å². The Morgan fingerprint density at radius 1 is 0.905 bits per heavy atom. The fourth-order valence-corrected chi connectivity index (χ4v) is 2.25. The molecule has 0 heterocycles. The van der Waals surface area contributed by atoms with Crippen LogP contribution in [0.1, 0.15) is 13.8 Å². The Bertz CT molecular complexity index is 660. The van der Waals surface area contributed by atoms with E-state index in [1.165, 1.54) is 6.07 Å². The lowest BCUT2D eigenvalue weighted by Crippen LogP contribution is -2.07. The number of rotatable bonds is 4. The van der Waals surface area contributed by atoms with Crippen LogP contribution in [0.5, 0.6) is 17.2 Å². The third-order valence-electron chi connectivity index (χ3n) is 2.58. The summed E-state index contributed by atoms with van der Waals surface area (Å²) in [4.78, 5) is 0. The summed E-state index contributed by atoms with van der Waals surface area (Å²) in [7, 11) is 0. The molecule has 0 unspecified atom stereocenters. The van der Waals surface area contributed by atoms with Gasteiger partial charge in [-0.2, -0.15) is 0 Å². The van der Waals surface area contributed by atoms with Crippen LogP contribution in [0.2, 0.25) is 15.1 Å². The molecule has 0 saturated heterocycles. The van der Waals surface area contributed by atoms with Gasteiger partial charge in [-0.05, 0) is 32.0 Å². The SMILES string of the molecule is CC(C)Oc1cccc(Oc2cc(Cl)c(Cl)cc2Cl)c1N. The maximum atomic E-state index is 6.09. The highest BCUT2D eigenvalue weighted by molar-refractivity contribution is 6.43. The van der Waals surface area contributed by atoms with Crippen molar-refractivity contribution >= 4 is 40.5 Å². The van der Waals surface area contributed by atoms with Crippen molar-refractivity contribution in [2.24, 2.45) is 0 Å². The molecule has 0 bridgehead atoms. The molecule has 0 aliphatic carbocycles. The van der Waals surface area contributed by atoms with Crippen LogP contribution in [-0.2, 0) is 0 Å². The molecule has 0 radical (unpaired) electrons. The Kier molecular flexibility index (Phi) is 5.09. The maximum Gasteiger partial charge on any atom is 0.154 e. The molecular weight excluding hydrogens is 333 g/mol. The van der Waals surface area contributed by atoms with Crippen LogP contribution in [0.4, 0.5) is 5.69 Å². The molecule has 0 aromatic heterocycles. The number of ether oxygens (including phenoxy) is 2. The fraction of sp³-hybridized carbons (Fsp3) is 0.200. The summed E-state index contributed by atoms with van der Waals surface area (Å²) < 4.78 is 11.3. The zero-order valence-electron chi connectivity index (χ0n) is 11.5. The Labute approximate surface area is 138 Å². The van der Waals surface area contributed by atoms with Gasteiger partial charge in [-0.15, -0.1) is 0 Å². The summed E-state index contributed by atoms with van der Waals surface area (Å²) in [6.07, 6.45) is 0.0103. The van der Waals surface area contributed by atoms with Gasteiger partial charge in [0.05, 0.1) is 21.2 Å². The molecule has 2 rings (SSSR count). The molecule has 0 aliphatic rings. The third kappa shape index (κ3) is 3.88.